The lowest BCUT2D eigenvalue weighted by molar-refractivity contribution is 0.195. The maximum Gasteiger partial charge on any atom is 0.0946 e. The molecular formula is C23H25ClN6. The van der Waals surface area contributed by atoms with Crippen molar-refractivity contribution in [2.24, 2.45) is 12.8 Å². The number of piperazine rings is 1. The summed E-state index contributed by atoms with van der Waals surface area (Å²) in [4.78, 5) is 11.6. The number of hydrogen-bond donors (Lipinski definition) is 2. The van der Waals surface area contributed by atoms with E-state index in [9.17, 15) is 0 Å². The molecule has 2 aliphatic rings. The number of pyridine rings is 1. The number of nitrogens with zero attached hydrogens (tertiary/aromatic N) is 4. The Morgan fingerprint density at radius 3 is 2.83 bits per heavy atom. The first-order valence-electron chi connectivity index (χ1n) is 10.3. The summed E-state index contributed by atoms with van der Waals surface area (Å²) in [5.74, 6) is 0. The molecule has 30 heavy (non-hydrogen) atoms. The summed E-state index contributed by atoms with van der Waals surface area (Å²) in [7, 11) is 1.97. The fourth-order valence-corrected chi connectivity index (χ4v) is 4.76. The smallest absolute Gasteiger partial charge is 0.0946 e. The number of nitrogens with two attached hydrogens (primary N) is 1. The van der Waals surface area contributed by atoms with Crippen LogP contribution in [0.5, 0.6) is 0 Å². The van der Waals surface area contributed by atoms with Crippen LogP contribution in [-0.2, 0) is 7.05 Å². The average molecular weight is 421 g/mol. The van der Waals surface area contributed by atoms with E-state index in [1.165, 1.54) is 5.56 Å². The van der Waals surface area contributed by atoms with E-state index in [4.69, 9.17) is 22.3 Å². The lowest BCUT2D eigenvalue weighted by atomic mass is 9.90. The maximum absolute atomic E-state index is 6.81. The summed E-state index contributed by atoms with van der Waals surface area (Å²) >= 11 is 6.48. The zero-order valence-corrected chi connectivity index (χ0v) is 17.7. The number of hydrogen-bond acceptors (Lipinski definition) is 5. The molecule has 1 unspecified atom stereocenters. The van der Waals surface area contributed by atoms with Crippen molar-refractivity contribution >= 4 is 23.3 Å². The van der Waals surface area contributed by atoms with E-state index < -0.39 is 0 Å². The van der Waals surface area contributed by atoms with E-state index in [0.29, 0.717) is 5.02 Å². The first-order valence-corrected chi connectivity index (χ1v) is 10.6. The van der Waals surface area contributed by atoms with E-state index in [2.05, 4.69) is 33.4 Å². The van der Waals surface area contributed by atoms with Gasteiger partial charge in [0.25, 0.3) is 0 Å². The molecule has 0 radical (unpaired) electrons. The summed E-state index contributed by atoms with van der Waals surface area (Å²) in [5.41, 5.74) is 13.2. The van der Waals surface area contributed by atoms with Crippen molar-refractivity contribution in [2.45, 2.75) is 12.1 Å². The summed E-state index contributed by atoms with van der Waals surface area (Å²) in [6.07, 6.45) is 7.67. The topological polar surface area (TPSA) is 72.0 Å². The standard InChI is InChI=1S/C23H25ClN6/c1-29-14-27-13-20(29)21(25)19-11-15-3-2-6-28-22(15)23(30-9-7-26-8-10-30)17-5-4-16(24)12-18(17)19/h2-6,11-14,21,23,26H,7-10,25H2,1H3/t21?,23-/m0/s1. The molecule has 3 N–H and O–H groups in total. The minimum atomic E-state index is -0.329. The number of fused-ring (bicyclic) bond motifs is 2. The predicted octanol–water partition coefficient (Wildman–Crippen LogP) is 3.02. The Hall–Kier alpha value is -2.51. The first-order chi connectivity index (χ1) is 14.6. The second-order valence-electron chi connectivity index (χ2n) is 7.90. The fraction of sp³-hybridized carbons (Fsp3) is 0.304. The number of imidazole rings is 1. The summed E-state index contributed by atoms with van der Waals surface area (Å²) in [6, 6.07) is 9.99. The first kappa shape index (κ1) is 19.5. The van der Waals surface area contributed by atoms with E-state index >= 15 is 0 Å². The molecule has 1 fully saturated rings. The molecule has 0 bridgehead atoms. The second-order valence-corrected chi connectivity index (χ2v) is 8.34. The molecule has 2 aromatic heterocycles. The number of aromatic nitrogens is 3. The Balaban J connectivity index is 1.73. The Morgan fingerprint density at radius 2 is 2.07 bits per heavy atom. The molecule has 3 heterocycles. The number of rotatable bonds is 3. The van der Waals surface area contributed by atoms with Crippen LogP contribution in [0, 0.1) is 0 Å². The predicted molar refractivity (Wildman–Crippen MR) is 120 cm³/mol. The van der Waals surface area contributed by atoms with Gasteiger partial charge in [0, 0.05) is 44.4 Å². The van der Waals surface area contributed by atoms with Crippen LogP contribution in [0.2, 0.25) is 5.02 Å². The number of halogens is 1. The molecule has 1 aliphatic carbocycles. The van der Waals surface area contributed by atoms with Gasteiger partial charge >= 0.3 is 0 Å². The number of nitrogens with one attached hydrogen (secondary N) is 1. The van der Waals surface area contributed by atoms with Gasteiger partial charge in [-0.05, 0) is 46.5 Å². The van der Waals surface area contributed by atoms with Gasteiger partial charge in [-0.1, -0.05) is 23.7 Å². The van der Waals surface area contributed by atoms with Crippen LogP contribution in [0.15, 0.2) is 49.1 Å². The molecule has 6 nitrogen and oxygen atoms in total. The maximum atomic E-state index is 6.81. The van der Waals surface area contributed by atoms with Crippen molar-refractivity contribution < 1.29 is 0 Å². The van der Waals surface area contributed by atoms with Crippen LogP contribution in [0.25, 0.3) is 11.6 Å². The number of aryl methyl sites for hydroxylation is 1. The van der Waals surface area contributed by atoms with E-state index in [1.807, 2.05) is 42.2 Å². The normalized spacial score (nSPS) is 20.1. The van der Waals surface area contributed by atoms with Crippen molar-refractivity contribution in [2.75, 3.05) is 26.2 Å². The zero-order chi connectivity index (χ0) is 20.7. The van der Waals surface area contributed by atoms with Gasteiger partial charge in [-0.2, -0.15) is 0 Å². The van der Waals surface area contributed by atoms with Crippen molar-refractivity contribution in [3.8, 4) is 0 Å². The van der Waals surface area contributed by atoms with Gasteiger partial charge in [0.15, 0.2) is 0 Å². The third kappa shape index (κ3) is 3.36. The molecule has 5 rings (SSSR count). The highest BCUT2D eigenvalue weighted by Crippen LogP contribution is 2.43. The van der Waals surface area contributed by atoms with Crippen molar-refractivity contribution in [1.82, 2.24) is 24.8 Å². The summed E-state index contributed by atoms with van der Waals surface area (Å²) in [5, 5.41) is 4.16. The third-order valence-electron chi connectivity index (χ3n) is 6.09. The zero-order valence-electron chi connectivity index (χ0n) is 16.9. The van der Waals surface area contributed by atoms with Crippen LogP contribution in [0.1, 0.15) is 40.2 Å². The van der Waals surface area contributed by atoms with Gasteiger partial charge in [-0.3, -0.25) is 9.88 Å². The highest BCUT2D eigenvalue weighted by atomic mass is 35.5. The molecule has 0 saturated carbocycles. The summed E-state index contributed by atoms with van der Waals surface area (Å²) < 4.78 is 1.97. The Labute approximate surface area is 181 Å². The van der Waals surface area contributed by atoms with Crippen LogP contribution in [-0.4, -0.2) is 45.6 Å². The molecule has 1 aromatic carbocycles. The molecule has 154 valence electrons. The highest BCUT2D eigenvalue weighted by molar-refractivity contribution is 6.30. The van der Waals surface area contributed by atoms with Crippen LogP contribution < -0.4 is 11.1 Å². The van der Waals surface area contributed by atoms with Gasteiger partial charge in [0.2, 0.25) is 0 Å². The average Bonchev–Trinajstić information content (AvgIpc) is 3.14. The van der Waals surface area contributed by atoms with E-state index in [-0.39, 0.29) is 12.1 Å². The molecule has 7 heteroatoms. The Kier molecular flexibility index (Phi) is 5.16. The van der Waals surface area contributed by atoms with Crippen molar-refractivity contribution in [3.05, 3.63) is 82.2 Å². The van der Waals surface area contributed by atoms with Crippen molar-refractivity contribution in [3.63, 3.8) is 0 Å². The molecule has 0 amide bonds. The fourth-order valence-electron chi connectivity index (χ4n) is 4.58. The summed E-state index contributed by atoms with van der Waals surface area (Å²) in [6.45, 7) is 3.87. The molecule has 3 aromatic rings. The van der Waals surface area contributed by atoms with Crippen molar-refractivity contribution in [1.29, 1.82) is 0 Å². The lowest BCUT2D eigenvalue weighted by Gasteiger charge is -2.36. The monoisotopic (exact) mass is 420 g/mol. The quantitative estimate of drug-likeness (QED) is 0.681. The largest absolute Gasteiger partial charge is 0.336 e. The van der Waals surface area contributed by atoms with Crippen LogP contribution >= 0.6 is 11.6 Å². The SMILES string of the molecule is Cn1cncc1C(N)C1=Cc2cccnc2[C@@H](N2CCNCC2)c2ccc(Cl)cc21. The van der Waals surface area contributed by atoms with Gasteiger partial charge in [0.1, 0.15) is 0 Å². The molecule has 0 spiro atoms. The van der Waals surface area contributed by atoms with Crippen LogP contribution in [0.3, 0.4) is 0 Å². The van der Waals surface area contributed by atoms with Gasteiger partial charge in [-0.15, -0.1) is 0 Å². The number of benzene rings is 1. The minimum Gasteiger partial charge on any atom is -0.336 e. The van der Waals surface area contributed by atoms with E-state index in [1.54, 1.807) is 6.33 Å². The Bertz CT molecular complexity index is 1100. The van der Waals surface area contributed by atoms with Crippen LogP contribution in [0.4, 0.5) is 0 Å². The van der Waals surface area contributed by atoms with Gasteiger partial charge < -0.3 is 15.6 Å². The lowest BCUT2D eigenvalue weighted by Crippen LogP contribution is -2.45. The molecule has 2 atom stereocenters. The highest BCUT2D eigenvalue weighted by Gasteiger charge is 2.33. The van der Waals surface area contributed by atoms with E-state index in [0.717, 1.165) is 54.3 Å². The molecule has 1 saturated heterocycles. The van der Waals surface area contributed by atoms with Gasteiger partial charge in [0.05, 0.1) is 36.0 Å². The minimum absolute atomic E-state index is 0.0584. The second kappa shape index (κ2) is 7.96. The van der Waals surface area contributed by atoms with Gasteiger partial charge in [-0.25, -0.2) is 4.98 Å². The molecular weight excluding hydrogens is 396 g/mol. The third-order valence-corrected chi connectivity index (χ3v) is 6.32. The molecule has 1 aliphatic heterocycles. The Morgan fingerprint density at radius 1 is 1.23 bits per heavy atom.